The lowest BCUT2D eigenvalue weighted by Crippen LogP contribution is -2.56. The Balaban J connectivity index is 2.30. The number of carboxylic acid groups (broad SMARTS) is 1. The summed E-state index contributed by atoms with van der Waals surface area (Å²) in [6.45, 7) is 3.69. The molecule has 1 aliphatic carbocycles. The number of urea groups is 1. The molecule has 2 rings (SSSR count). The smallest absolute Gasteiger partial charge is 0.322 e. The summed E-state index contributed by atoms with van der Waals surface area (Å²) in [5.74, 6) is -1.31. The molecule has 1 aliphatic heterocycles. The van der Waals surface area contributed by atoms with Crippen LogP contribution in [-0.2, 0) is 9.59 Å². The third-order valence-electron chi connectivity index (χ3n) is 4.35. The number of imide groups is 1. The standard InChI is InChI=1S/C11H16N2O4/c1-10(2)6(5-7(14)15)3-4-11(10)8(16)12-9(17)13-11/h6H,3-5H2,1-2H3,(H,14,15)(H2,12,13,16,17)/t6-,11+/m0/s1. The van der Waals surface area contributed by atoms with Gasteiger partial charge in [-0.05, 0) is 18.8 Å². The van der Waals surface area contributed by atoms with Gasteiger partial charge >= 0.3 is 12.0 Å². The summed E-state index contributed by atoms with van der Waals surface area (Å²) < 4.78 is 0. The Kier molecular flexibility index (Phi) is 2.41. The zero-order valence-electron chi connectivity index (χ0n) is 9.87. The molecule has 2 fully saturated rings. The molecule has 2 atom stereocenters. The van der Waals surface area contributed by atoms with Crippen LogP contribution in [0.1, 0.15) is 33.1 Å². The van der Waals surface area contributed by atoms with Gasteiger partial charge in [0.2, 0.25) is 0 Å². The maximum atomic E-state index is 11.9. The molecule has 1 saturated heterocycles. The van der Waals surface area contributed by atoms with E-state index in [4.69, 9.17) is 5.11 Å². The van der Waals surface area contributed by atoms with Gasteiger partial charge in [-0.1, -0.05) is 13.8 Å². The molecule has 3 amide bonds. The first-order valence-electron chi connectivity index (χ1n) is 5.65. The van der Waals surface area contributed by atoms with Gasteiger partial charge in [-0.3, -0.25) is 14.9 Å². The van der Waals surface area contributed by atoms with Crippen LogP contribution < -0.4 is 10.6 Å². The van der Waals surface area contributed by atoms with Crippen molar-refractivity contribution in [3.63, 3.8) is 0 Å². The average molecular weight is 240 g/mol. The van der Waals surface area contributed by atoms with Crippen molar-refractivity contribution in [3.8, 4) is 0 Å². The molecule has 0 radical (unpaired) electrons. The van der Waals surface area contributed by atoms with Gasteiger partial charge in [0.25, 0.3) is 5.91 Å². The fraction of sp³-hybridized carbons (Fsp3) is 0.727. The van der Waals surface area contributed by atoms with Gasteiger partial charge in [0, 0.05) is 11.8 Å². The van der Waals surface area contributed by atoms with Gasteiger partial charge in [-0.25, -0.2) is 4.79 Å². The highest BCUT2D eigenvalue weighted by atomic mass is 16.4. The first-order valence-corrected chi connectivity index (χ1v) is 5.65. The van der Waals surface area contributed by atoms with Gasteiger partial charge in [-0.15, -0.1) is 0 Å². The molecule has 0 unspecified atom stereocenters. The molecular formula is C11H16N2O4. The number of aliphatic carboxylic acids is 1. The van der Waals surface area contributed by atoms with Crippen molar-refractivity contribution < 1.29 is 19.5 Å². The lowest BCUT2D eigenvalue weighted by molar-refractivity contribution is -0.140. The highest BCUT2D eigenvalue weighted by Gasteiger charge is 2.62. The topological polar surface area (TPSA) is 95.5 Å². The summed E-state index contributed by atoms with van der Waals surface area (Å²) in [5.41, 5.74) is -1.49. The van der Waals surface area contributed by atoms with Crippen molar-refractivity contribution in [2.75, 3.05) is 0 Å². The minimum absolute atomic E-state index is 0.0257. The van der Waals surface area contributed by atoms with Crippen LogP contribution in [0.4, 0.5) is 4.79 Å². The lowest BCUT2D eigenvalue weighted by Gasteiger charge is -2.38. The Hall–Kier alpha value is -1.59. The largest absolute Gasteiger partial charge is 0.481 e. The predicted octanol–water partition coefficient (Wildman–Crippen LogP) is 0.476. The van der Waals surface area contributed by atoms with E-state index in [9.17, 15) is 14.4 Å². The molecule has 3 N–H and O–H groups in total. The summed E-state index contributed by atoms with van der Waals surface area (Å²) >= 11 is 0. The van der Waals surface area contributed by atoms with Crippen molar-refractivity contribution in [1.29, 1.82) is 0 Å². The third kappa shape index (κ3) is 1.50. The van der Waals surface area contributed by atoms with Crippen molar-refractivity contribution >= 4 is 17.9 Å². The van der Waals surface area contributed by atoms with Crippen molar-refractivity contribution in [1.82, 2.24) is 10.6 Å². The van der Waals surface area contributed by atoms with Crippen LogP contribution in [-0.4, -0.2) is 28.6 Å². The number of rotatable bonds is 2. The quantitative estimate of drug-likeness (QED) is 0.611. The number of hydrogen-bond acceptors (Lipinski definition) is 3. The van der Waals surface area contributed by atoms with Gasteiger partial charge < -0.3 is 10.4 Å². The van der Waals surface area contributed by atoms with Crippen molar-refractivity contribution in [2.45, 2.75) is 38.6 Å². The zero-order valence-corrected chi connectivity index (χ0v) is 9.87. The van der Waals surface area contributed by atoms with E-state index in [1.54, 1.807) is 0 Å². The minimum Gasteiger partial charge on any atom is -0.481 e. The lowest BCUT2D eigenvalue weighted by atomic mass is 9.69. The molecular weight excluding hydrogens is 224 g/mol. The molecule has 94 valence electrons. The molecule has 0 bridgehead atoms. The second-order valence-corrected chi connectivity index (χ2v) is 5.37. The highest BCUT2D eigenvalue weighted by molar-refractivity contribution is 6.07. The van der Waals surface area contributed by atoms with Gasteiger partial charge in [-0.2, -0.15) is 0 Å². The molecule has 6 heteroatoms. The maximum Gasteiger partial charge on any atom is 0.322 e. The van der Waals surface area contributed by atoms with Crippen LogP contribution in [0.2, 0.25) is 0 Å². The Morgan fingerprint density at radius 3 is 2.59 bits per heavy atom. The number of carboxylic acids is 1. The Morgan fingerprint density at radius 1 is 1.47 bits per heavy atom. The zero-order chi connectivity index (χ0) is 12.8. The molecule has 1 heterocycles. The Bertz CT molecular complexity index is 404. The normalized spacial score (nSPS) is 34.8. The minimum atomic E-state index is -0.940. The van der Waals surface area contributed by atoms with E-state index in [2.05, 4.69) is 10.6 Å². The average Bonchev–Trinajstić information content (AvgIpc) is 2.59. The highest BCUT2D eigenvalue weighted by Crippen LogP contribution is 2.52. The Labute approximate surface area is 98.8 Å². The molecule has 0 aromatic heterocycles. The summed E-state index contributed by atoms with van der Waals surface area (Å²) in [6.07, 6.45) is 1.15. The number of carbonyl (C=O) groups excluding carboxylic acids is 2. The summed E-state index contributed by atoms with van der Waals surface area (Å²) in [5, 5.41) is 13.8. The summed E-state index contributed by atoms with van der Waals surface area (Å²) in [7, 11) is 0. The van der Waals surface area contributed by atoms with Crippen LogP contribution in [0.3, 0.4) is 0 Å². The van der Waals surface area contributed by atoms with Crippen LogP contribution in [0.25, 0.3) is 0 Å². The van der Waals surface area contributed by atoms with E-state index < -0.39 is 23.0 Å². The molecule has 6 nitrogen and oxygen atoms in total. The van der Waals surface area contributed by atoms with Crippen molar-refractivity contribution in [3.05, 3.63) is 0 Å². The maximum absolute atomic E-state index is 11.9. The fourth-order valence-corrected chi connectivity index (χ4v) is 3.11. The fourth-order valence-electron chi connectivity index (χ4n) is 3.11. The molecule has 0 aromatic carbocycles. The predicted molar refractivity (Wildman–Crippen MR) is 58.2 cm³/mol. The van der Waals surface area contributed by atoms with Gasteiger partial charge in [0.15, 0.2) is 0 Å². The summed E-state index contributed by atoms with van der Waals surface area (Å²) in [6, 6.07) is -0.487. The van der Waals surface area contributed by atoms with E-state index in [1.165, 1.54) is 0 Å². The molecule has 17 heavy (non-hydrogen) atoms. The molecule has 2 aliphatic rings. The summed E-state index contributed by atoms with van der Waals surface area (Å²) in [4.78, 5) is 34.0. The molecule has 0 aromatic rings. The van der Waals surface area contributed by atoms with Crippen molar-refractivity contribution in [2.24, 2.45) is 11.3 Å². The van der Waals surface area contributed by atoms with E-state index in [-0.39, 0.29) is 18.2 Å². The molecule has 1 saturated carbocycles. The van der Waals surface area contributed by atoms with Crippen LogP contribution >= 0.6 is 0 Å². The van der Waals surface area contributed by atoms with Crippen LogP contribution in [0.15, 0.2) is 0 Å². The number of amides is 3. The Morgan fingerprint density at radius 2 is 2.12 bits per heavy atom. The second-order valence-electron chi connectivity index (χ2n) is 5.37. The monoisotopic (exact) mass is 240 g/mol. The van der Waals surface area contributed by atoms with E-state index in [1.807, 2.05) is 13.8 Å². The van der Waals surface area contributed by atoms with Gasteiger partial charge in [0.05, 0.1) is 0 Å². The third-order valence-corrected chi connectivity index (χ3v) is 4.35. The number of carbonyl (C=O) groups is 3. The second kappa shape index (κ2) is 3.45. The van der Waals surface area contributed by atoms with Crippen LogP contribution in [0.5, 0.6) is 0 Å². The van der Waals surface area contributed by atoms with Gasteiger partial charge in [0.1, 0.15) is 5.54 Å². The van der Waals surface area contributed by atoms with E-state index >= 15 is 0 Å². The van der Waals surface area contributed by atoms with E-state index in [0.717, 1.165) is 0 Å². The number of nitrogens with one attached hydrogen (secondary N) is 2. The van der Waals surface area contributed by atoms with E-state index in [0.29, 0.717) is 12.8 Å². The molecule has 1 spiro atoms. The number of hydrogen-bond donors (Lipinski definition) is 3. The van der Waals surface area contributed by atoms with Crippen LogP contribution in [0, 0.1) is 11.3 Å². The first-order chi connectivity index (χ1) is 7.79. The SMILES string of the molecule is CC1(C)[C@H](CC(=O)O)CC[C@]12NC(=O)NC2=O. The first kappa shape index (κ1) is 11.9.